The first-order valence-electron chi connectivity index (χ1n) is 5.59. The summed E-state index contributed by atoms with van der Waals surface area (Å²) in [7, 11) is 1.64. The van der Waals surface area contributed by atoms with Crippen molar-refractivity contribution in [3.63, 3.8) is 0 Å². The number of rotatable bonds is 1. The van der Waals surface area contributed by atoms with E-state index in [0.717, 1.165) is 28.0 Å². The van der Waals surface area contributed by atoms with Crippen LogP contribution in [0.1, 0.15) is 43.0 Å². The summed E-state index contributed by atoms with van der Waals surface area (Å²) in [6, 6.07) is 0. The van der Waals surface area contributed by atoms with Crippen LogP contribution in [-0.4, -0.2) is 12.2 Å². The Bertz CT molecular complexity index is 383. The molecule has 0 saturated carbocycles. The van der Waals surface area contributed by atoms with Crippen molar-refractivity contribution in [1.29, 1.82) is 0 Å². The minimum absolute atomic E-state index is 0.0596. The van der Waals surface area contributed by atoms with Gasteiger partial charge in [0.05, 0.1) is 7.11 Å². The van der Waals surface area contributed by atoms with Gasteiger partial charge in [-0.2, -0.15) is 0 Å². The molecular weight excluding hydrogens is 200 g/mol. The van der Waals surface area contributed by atoms with Crippen molar-refractivity contribution in [1.82, 2.24) is 0 Å². The van der Waals surface area contributed by atoms with Crippen molar-refractivity contribution in [3.8, 4) is 11.5 Å². The van der Waals surface area contributed by atoms with Gasteiger partial charge in [-0.1, -0.05) is 20.8 Å². The van der Waals surface area contributed by atoms with Crippen molar-refractivity contribution in [2.24, 2.45) is 0 Å². The van der Waals surface area contributed by atoms with Crippen LogP contribution in [0.5, 0.6) is 11.5 Å². The summed E-state index contributed by atoms with van der Waals surface area (Å²) < 4.78 is 5.35. The van der Waals surface area contributed by atoms with Gasteiger partial charge in [0.25, 0.3) is 0 Å². The van der Waals surface area contributed by atoms with Gasteiger partial charge < -0.3 is 9.84 Å². The molecule has 0 heterocycles. The lowest BCUT2D eigenvalue weighted by molar-refractivity contribution is 0.393. The van der Waals surface area contributed by atoms with E-state index in [1.54, 1.807) is 7.11 Å². The molecule has 0 aliphatic carbocycles. The molecule has 16 heavy (non-hydrogen) atoms. The highest BCUT2D eigenvalue weighted by Gasteiger charge is 2.25. The van der Waals surface area contributed by atoms with E-state index in [-0.39, 0.29) is 5.41 Å². The lowest BCUT2D eigenvalue weighted by Crippen LogP contribution is -2.15. The summed E-state index contributed by atoms with van der Waals surface area (Å²) in [5.74, 6) is 1.16. The number of hydrogen-bond donors (Lipinski definition) is 1. The van der Waals surface area contributed by atoms with Gasteiger partial charge in [-0.05, 0) is 37.3 Å². The van der Waals surface area contributed by atoms with Gasteiger partial charge in [0.2, 0.25) is 0 Å². The summed E-state index contributed by atoms with van der Waals surface area (Å²) in [4.78, 5) is 0. The molecule has 1 aromatic rings. The van der Waals surface area contributed by atoms with Gasteiger partial charge in [0.1, 0.15) is 11.5 Å². The maximum Gasteiger partial charge on any atom is 0.128 e. The van der Waals surface area contributed by atoms with Crippen molar-refractivity contribution < 1.29 is 9.84 Å². The monoisotopic (exact) mass is 222 g/mol. The zero-order valence-corrected chi connectivity index (χ0v) is 11.4. The van der Waals surface area contributed by atoms with Crippen molar-refractivity contribution in [2.45, 2.75) is 47.0 Å². The first-order valence-corrected chi connectivity index (χ1v) is 5.59. The largest absolute Gasteiger partial charge is 0.507 e. The molecule has 0 saturated heterocycles. The quantitative estimate of drug-likeness (QED) is 0.786. The summed E-state index contributed by atoms with van der Waals surface area (Å²) in [5.41, 5.74) is 4.02. The molecule has 0 aliphatic rings. The van der Waals surface area contributed by atoms with Gasteiger partial charge in [0, 0.05) is 11.1 Å². The summed E-state index contributed by atoms with van der Waals surface area (Å²) >= 11 is 0. The van der Waals surface area contributed by atoms with Gasteiger partial charge >= 0.3 is 0 Å². The lowest BCUT2D eigenvalue weighted by Gasteiger charge is -2.26. The van der Waals surface area contributed by atoms with E-state index in [1.165, 1.54) is 0 Å². The van der Waals surface area contributed by atoms with Gasteiger partial charge in [-0.15, -0.1) is 0 Å². The van der Waals surface area contributed by atoms with Gasteiger partial charge in [-0.25, -0.2) is 0 Å². The Hall–Kier alpha value is -1.18. The average molecular weight is 222 g/mol. The molecule has 90 valence electrons. The number of phenols is 1. The zero-order chi connectivity index (χ0) is 12.7. The molecule has 0 aliphatic heterocycles. The number of aromatic hydroxyl groups is 1. The van der Waals surface area contributed by atoms with Crippen molar-refractivity contribution >= 4 is 0 Å². The van der Waals surface area contributed by atoms with E-state index in [1.807, 2.05) is 20.8 Å². The molecule has 0 aromatic heterocycles. The van der Waals surface area contributed by atoms with Crippen LogP contribution in [0.25, 0.3) is 0 Å². The SMILES string of the molecule is COc1c(C)c(C)c(C(C)(C)C)c(O)c1C. The van der Waals surface area contributed by atoms with Crippen LogP contribution < -0.4 is 4.74 Å². The predicted molar refractivity (Wildman–Crippen MR) is 67.6 cm³/mol. The summed E-state index contributed by atoms with van der Waals surface area (Å²) in [6.07, 6.45) is 0. The number of ether oxygens (including phenoxy) is 1. The highest BCUT2D eigenvalue weighted by atomic mass is 16.5. The van der Waals surface area contributed by atoms with Gasteiger partial charge in [0.15, 0.2) is 0 Å². The fourth-order valence-electron chi connectivity index (χ4n) is 2.34. The first-order chi connectivity index (χ1) is 7.21. The minimum atomic E-state index is -0.0596. The Balaban J connectivity index is 3.67. The van der Waals surface area contributed by atoms with Crippen LogP contribution in [0.3, 0.4) is 0 Å². The van der Waals surface area contributed by atoms with Crippen LogP contribution in [0.15, 0.2) is 0 Å². The van der Waals surface area contributed by atoms with E-state index in [4.69, 9.17) is 4.74 Å². The number of phenolic OH excluding ortho intramolecular Hbond substituents is 1. The molecule has 0 bridgehead atoms. The van der Waals surface area contributed by atoms with Crippen LogP contribution in [0.4, 0.5) is 0 Å². The van der Waals surface area contributed by atoms with E-state index in [9.17, 15) is 5.11 Å². The standard InChI is InChI=1S/C14H22O2/c1-8-9(2)13(16-7)10(3)12(15)11(8)14(4,5)6/h15H,1-7H3. The third kappa shape index (κ3) is 1.89. The molecule has 0 amide bonds. The third-order valence-corrected chi connectivity index (χ3v) is 3.16. The molecule has 0 unspecified atom stereocenters. The average Bonchev–Trinajstić information content (AvgIpc) is 2.14. The third-order valence-electron chi connectivity index (χ3n) is 3.16. The smallest absolute Gasteiger partial charge is 0.128 e. The topological polar surface area (TPSA) is 29.5 Å². The Kier molecular flexibility index (Phi) is 3.22. The second kappa shape index (κ2) is 4.00. The maximum absolute atomic E-state index is 10.3. The molecule has 0 spiro atoms. The molecule has 2 nitrogen and oxygen atoms in total. The van der Waals surface area contributed by atoms with Crippen LogP contribution >= 0.6 is 0 Å². The normalized spacial score (nSPS) is 11.7. The Morgan fingerprint density at radius 2 is 1.44 bits per heavy atom. The summed E-state index contributed by atoms with van der Waals surface area (Å²) in [5, 5.41) is 10.3. The Labute approximate surface area is 98.3 Å². The fourth-order valence-corrected chi connectivity index (χ4v) is 2.34. The molecule has 1 rings (SSSR count). The molecule has 1 N–H and O–H groups in total. The Morgan fingerprint density at radius 3 is 1.81 bits per heavy atom. The van der Waals surface area contributed by atoms with E-state index in [2.05, 4.69) is 20.8 Å². The maximum atomic E-state index is 10.3. The zero-order valence-electron chi connectivity index (χ0n) is 11.4. The van der Waals surface area contributed by atoms with Crippen LogP contribution in [0, 0.1) is 20.8 Å². The van der Waals surface area contributed by atoms with Crippen molar-refractivity contribution in [3.05, 3.63) is 22.3 Å². The second-order valence-electron chi connectivity index (χ2n) is 5.38. The van der Waals surface area contributed by atoms with E-state index < -0.39 is 0 Å². The number of methoxy groups -OCH3 is 1. The lowest BCUT2D eigenvalue weighted by atomic mass is 9.80. The molecule has 0 fully saturated rings. The molecule has 1 aromatic carbocycles. The van der Waals surface area contributed by atoms with Crippen LogP contribution in [0.2, 0.25) is 0 Å². The number of benzene rings is 1. The van der Waals surface area contributed by atoms with E-state index in [0.29, 0.717) is 5.75 Å². The highest BCUT2D eigenvalue weighted by molar-refractivity contribution is 5.59. The second-order valence-corrected chi connectivity index (χ2v) is 5.38. The highest BCUT2D eigenvalue weighted by Crippen LogP contribution is 2.42. The predicted octanol–water partition coefficient (Wildman–Crippen LogP) is 3.62. The molecular formula is C14H22O2. The fraction of sp³-hybridized carbons (Fsp3) is 0.571. The molecule has 2 heteroatoms. The van der Waals surface area contributed by atoms with Crippen molar-refractivity contribution in [2.75, 3.05) is 7.11 Å². The first kappa shape index (κ1) is 12.9. The molecule has 0 radical (unpaired) electrons. The summed E-state index contributed by atoms with van der Waals surface area (Å²) in [6.45, 7) is 12.3. The van der Waals surface area contributed by atoms with E-state index >= 15 is 0 Å². The molecule has 0 atom stereocenters. The minimum Gasteiger partial charge on any atom is -0.507 e. The van der Waals surface area contributed by atoms with Crippen LogP contribution in [-0.2, 0) is 5.41 Å². The Morgan fingerprint density at radius 1 is 0.938 bits per heavy atom. The number of hydrogen-bond acceptors (Lipinski definition) is 2. The van der Waals surface area contributed by atoms with Gasteiger partial charge in [-0.3, -0.25) is 0 Å².